The van der Waals surface area contributed by atoms with Crippen LogP contribution in [0.2, 0.25) is 0 Å². The van der Waals surface area contributed by atoms with E-state index in [1.807, 2.05) is 36.4 Å². The third-order valence-corrected chi connectivity index (χ3v) is 6.40. The normalized spacial score (nSPS) is 13.4. The Morgan fingerprint density at radius 1 is 1.14 bits per heavy atom. The molecule has 2 N–H and O–H groups in total. The topological polar surface area (TPSA) is 88.5 Å². The van der Waals surface area contributed by atoms with Crippen molar-refractivity contribution in [2.45, 2.75) is 18.4 Å². The Balaban J connectivity index is 1.47. The fraction of sp³-hybridized carbons (Fsp3) is 0.190. The summed E-state index contributed by atoms with van der Waals surface area (Å²) in [5.41, 5.74) is 4.53. The molecule has 6 nitrogen and oxygen atoms in total. The van der Waals surface area contributed by atoms with Crippen molar-refractivity contribution in [2.75, 3.05) is 6.61 Å². The number of hydrogen-bond acceptors (Lipinski definition) is 5. The van der Waals surface area contributed by atoms with Gasteiger partial charge in [-0.3, -0.25) is 4.79 Å². The van der Waals surface area contributed by atoms with Crippen LogP contribution in [0.25, 0.3) is 11.1 Å². The third kappa shape index (κ3) is 4.18. The number of carbonyl (C=O) groups excluding carboxylic acids is 1. The van der Waals surface area contributed by atoms with Gasteiger partial charge in [-0.2, -0.15) is 0 Å². The Labute approximate surface area is 179 Å². The largest absolute Gasteiger partial charge is 0.481 e. The number of amides is 1. The van der Waals surface area contributed by atoms with Gasteiger partial charge in [0.05, 0.1) is 22.4 Å². The van der Waals surface area contributed by atoms with Gasteiger partial charge in [0.15, 0.2) is 0 Å². The summed E-state index contributed by atoms with van der Waals surface area (Å²) >= 11 is 4.58. The van der Waals surface area contributed by atoms with Gasteiger partial charge in [-0.15, -0.1) is 11.3 Å². The number of aromatic nitrogens is 1. The minimum atomic E-state index is -1.03. The van der Waals surface area contributed by atoms with Crippen LogP contribution in [0.15, 0.2) is 58.5 Å². The van der Waals surface area contributed by atoms with E-state index < -0.39 is 18.1 Å². The number of nitrogens with one attached hydrogen (secondary N) is 1. The molecule has 29 heavy (non-hydrogen) atoms. The van der Waals surface area contributed by atoms with Gasteiger partial charge in [0.25, 0.3) is 0 Å². The molecule has 1 heterocycles. The lowest BCUT2D eigenvalue weighted by molar-refractivity contribution is -0.137. The highest BCUT2D eigenvalue weighted by Gasteiger charge is 2.29. The van der Waals surface area contributed by atoms with Crippen molar-refractivity contribution in [3.63, 3.8) is 0 Å². The Morgan fingerprint density at radius 3 is 2.31 bits per heavy atom. The van der Waals surface area contributed by atoms with Crippen molar-refractivity contribution in [3.05, 3.63) is 74.6 Å². The number of hydrogen-bond donors (Lipinski definition) is 2. The molecule has 1 atom stereocenters. The number of rotatable bonds is 6. The van der Waals surface area contributed by atoms with Crippen molar-refractivity contribution >= 4 is 39.3 Å². The summed E-state index contributed by atoms with van der Waals surface area (Å²) in [6.45, 7) is 0.168. The molecule has 1 unspecified atom stereocenters. The van der Waals surface area contributed by atoms with Crippen molar-refractivity contribution in [1.82, 2.24) is 10.3 Å². The van der Waals surface area contributed by atoms with Crippen LogP contribution in [-0.4, -0.2) is 28.8 Å². The van der Waals surface area contributed by atoms with E-state index in [0.717, 1.165) is 26.0 Å². The number of ether oxygens (including phenoxy) is 1. The smallest absolute Gasteiger partial charge is 0.407 e. The fourth-order valence-corrected chi connectivity index (χ4v) is 4.88. The van der Waals surface area contributed by atoms with Crippen LogP contribution in [0.5, 0.6) is 0 Å². The summed E-state index contributed by atoms with van der Waals surface area (Å²) in [7, 11) is 0. The molecule has 1 aliphatic carbocycles. The molecule has 0 aliphatic heterocycles. The van der Waals surface area contributed by atoms with Gasteiger partial charge >= 0.3 is 12.1 Å². The van der Waals surface area contributed by atoms with Gasteiger partial charge < -0.3 is 15.2 Å². The molecular weight excluding hydrogens is 456 g/mol. The Kier molecular flexibility index (Phi) is 5.64. The van der Waals surface area contributed by atoms with Gasteiger partial charge in [-0.1, -0.05) is 48.5 Å². The lowest BCUT2D eigenvalue weighted by atomic mass is 9.98. The maximum Gasteiger partial charge on any atom is 0.407 e. The van der Waals surface area contributed by atoms with E-state index in [1.54, 1.807) is 6.20 Å². The van der Waals surface area contributed by atoms with Crippen molar-refractivity contribution < 1.29 is 19.4 Å². The van der Waals surface area contributed by atoms with E-state index >= 15 is 0 Å². The van der Waals surface area contributed by atoms with Crippen LogP contribution in [0.4, 0.5) is 4.79 Å². The summed E-state index contributed by atoms with van der Waals surface area (Å²) in [5, 5.41) is 12.3. The third-order valence-electron chi connectivity index (χ3n) is 4.81. The van der Waals surface area contributed by atoms with Crippen molar-refractivity contribution in [2.24, 2.45) is 0 Å². The van der Waals surface area contributed by atoms with Gasteiger partial charge in [-0.25, -0.2) is 9.78 Å². The number of aliphatic carboxylic acids is 1. The number of carboxylic acids is 1. The zero-order valence-corrected chi connectivity index (χ0v) is 17.6. The molecule has 0 radical (unpaired) electrons. The van der Waals surface area contributed by atoms with Crippen LogP contribution in [-0.2, 0) is 9.53 Å². The lowest BCUT2D eigenvalue weighted by Crippen LogP contribution is -2.31. The summed E-state index contributed by atoms with van der Waals surface area (Å²) in [5.74, 6) is -1.08. The zero-order valence-electron chi connectivity index (χ0n) is 15.2. The molecule has 0 saturated carbocycles. The molecule has 8 heteroatoms. The molecule has 0 bridgehead atoms. The highest BCUT2D eigenvalue weighted by Crippen LogP contribution is 2.44. The standard InChI is InChI=1S/C21H17BrN2O4S/c22-18-10-23-20(29-18)17(9-19(25)26)24-21(27)28-11-16-14-7-3-1-5-12(14)13-6-2-4-8-15(13)16/h1-8,10,16-17H,9,11H2,(H,24,27)(H,25,26). The number of carboxylic acid groups (broad SMARTS) is 1. The average molecular weight is 473 g/mol. The molecule has 3 aromatic rings. The second kappa shape index (κ2) is 8.34. The highest BCUT2D eigenvalue weighted by molar-refractivity contribution is 9.11. The Morgan fingerprint density at radius 2 is 1.76 bits per heavy atom. The minimum Gasteiger partial charge on any atom is -0.481 e. The first-order chi connectivity index (χ1) is 14.0. The van der Waals surface area contributed by atoms with Crippen molar-refractivity contribution in [1.29, 1.82) is 0 Å². The zero-order chi connectivity index (χ0) is 20.4. The number of nitrogens with zero attached hydrogens (tertiary/aromatic N) is 1. The van der Waals surface area contributed by atoms with Crippen LogP contribution in [0, 0.1) is 0 Å². The van der Waals surface area contributed by atoms with Crippen LogP contribution >= 0.6 is 27.3 Å². The van der Waals surface area contributed by atoms with Gasteiger partial charge in [-0.05, 0) is 38.2 Å². The summed E-state index contributed by atoms with van der Waals surface area (Å²) in [6, 6.07) is 15.4. The van der Waals surface area contributed by atoms with E-state index in [4.69, 9.17) is 9.84 Å². The predicted molar refractivity (Wildman–Crippen MR) is 113 cm³/mol. The molecule has 0 fully saturated rings. The first-order valence-electron chi connectivity index (χ1n) is 8.97. The summed E-state index contributed by atoms with van der Waals surface area (Å²) in [6.07, 6.45) is 0.641. The molecule has 4 rings (SSSR count). The molecule has 1 aromatic heterocycles. The lowest BCUT2D eigenvalue weighted by Gasteiger charge is -2.17. The van der Waals surface area contributed by atoms with E-state index in [1.165, 1.54) is 11.3 Å². The van der Waals surface area contributed by atoms with Gasteiger partial charge in [0.1, 0.15) is 11.6 Å². The molecule has 1 amide bonds. The summed E-state index contributed by atoms with van der Waals surface area (Å²) < 4.78 is 6.26. The number of benzene rings is 2. The predicted octanol–water partition coefficient (Wildman–Crippen LogP) is 4.96. The van der Waals surface area contributed by atoms with Gasteiger partial charge in [0, 0.05) is 5.92 Å². The number of alkyl carbamates (subject to hydrolysis) is 1. The fourth-order valence-electron chi connectivity index (χ4n) is 3.59. The molecule has 0 saturated heterocycles. The maximum atomic E-state index is 12.4. The Bertz CT molecular complexity index is 1020. The number of thiazole rings is 1. The number of fused-ring (bicyclic) bond motifs is 3. The van der Waals surface area contributed by atoms with E-state index in [0.29, 0.717) is 5.01 Å². The van der Waals surface area contributed by atoms with E-state index in [2.05, 4.69) is 38.4 Å². The quantitative estimate of drug-likeness (QED) is 0.529. The Hall–Kier alpha value is -2.71. The minimum absolute atomic E-state index is 0.0555. The molecular formula is C21H17BrN2O4S. The van der Waals surface area contributed by atoms with E-state index in [-0.39, 0.29) is 18.9 Å². The second-order valence-corrected chi connectivity index (χ2v) is 9.06. The van der Waals surface area contributed by atoms with Gasteiger partial charge in [0.2, 0.25) is 0 Å². The molecule has 148 valence electrons. The summed E-state index contributed by atoms with van der Waals surface area (Å²) in [4.78, 5) is 27.8. The first kappa shape index (κ1) is 19.6. The SMILES string of the molecule is O=C(O)CC(NC(=O)OCC1c2ccccc2-c2ccccc21)c1ncc(Br)s1. The maximum absolute atomic E-state index is 12.4. The average Bonchev–Trinajstić information content (AvgIpc) is 3.27. The second-order valence-electron chi connectivity index (χ2n) is 6.62. The molecule has 2 aromatic carbocycles. The number of carbonyl (C=O) groups is 2. The van der Waals surface area contributed by atoms with Crippen LogP contribution < -0.4 is 5.32 Å². The number of halogens is 1. The van der Waals surface area contributed by atoms with Crippen LogP contribution in [0.3, 0.4) is 0 Å². The van der Waals surface area contributed by atoms with E-state index in [9.17, 15) is 9.59 Å². The highest BCUT2D eigenvalue weighted by atomic mass is 79.9. The first-order valence-corrected chi connectivity index (χ1v) is 10.6. The molecule has 1 aliphatic rings. The monoisotopic (exact) mass is 472 g/mol. The van der Waals surface area contributed by atoms with Crippen LogP contribution in [0.1, 0.15) is 34.5 Å². The van der Waals surface area contributed by atoms with Crippen molar-refractivity contribution in [3.8, 4) is 11.1 Å². The molecule has 0 spiro atoms.